The third kappa shape index (κ3) is 3.62. The zero-order chi connectivity index (χ0) is 14.7. The first-order chi connectivity index (χ1) is 9.47. The van der Waals surface area contributed by atoms with Gasteiger partial charge >= 0.3 is 12.0 Å². The van der Waals surface area contributed by atoms with E-state index < -0.39 is 17.9 Å². The van der Waals surface area contributed by atoms with E-state index in [9.17, 15) is 9.59 Å². The van der Waals surface area contributed by atoms with Crippen LogP contribution in [0.25, 0.3) is 0 Å². The van der Waals surface area contributed by atoms with Crippen molar-refractivity contribution in [3.63, 3.8) is 0 Å². The highest BCUT2D eigenvalue weighted by Gasteiger charge is 2.35. The average molecular weight is 319 g/mol. The number of hydrogen-bond donors (Lipinski definition) is 2. The van der Waals surface area contributed by atoms with Crippen LogP contribution in [-0.2, 0) is 16.1 Å². The number of carbonyl (C=O) groups excluding carboxylic acids is 1. The van der Waals surface area contributed by atoms with Gasteiger partial charge in [-0.15, -0.1) is 11.3 Å². The summed E-state index contributed by atoms with van der Waals surface area (Å²) in [5.41, 5.74) is 0. The van der Waals surface area contributed by atoms with E-state index >= 15 is 0 Å². The highest BCUT2D eigenvalue weighted by molar-refractivity contribution is 7.16. The van der Waals surface area contributed by atoms with Crippen LogP contribution in [0.3, 0.4) is 0 Å². The van der Waals surface area contributed by atoms with E-state index in [0.717, 1.165) is 4.88 Å². The maximum atomic E-state index is 12.0. The Hall–Kier alpha value is -1.31. The summed E-state index contributed by atoms with van der Waals surface area (Å²) in [7, 11) is 1.65. The van der Waals surface area contributed by atoms with Gasteiger partial charge in [-0.05, 0) is 12.1 Å². The van der Waals surface area contributed by atoms with Crippen molar-refractivity contribution in [2.45, 2.75) is 12.6 Å². The molecule has 0 aromatic carbocycles. The minimum atomic E-state index is -0.958. The Morgan fingerprint density at radius 2 is 2.30 bits per heavy atom. The molecular formula is C12H15ClN2O4S. The topological polar surface area (TPSA) is 78.9 Å². The van der Waals surface area contributed by atoms with Crippen LogP contribution in [0.2, 0.25) is 4.34 Å². The number of rotatable bonds is 4. The molecule has 2 unspecified atom stereocenters. The second kappa shape index (κ2) is 6.43. The van der Waals surface area contributed by atoms with E-state index in [1.165, 1.54) is 16.2 Å². The van der Waals surface area contributed by atoms with Gasteiger partial charge in [0.1, 0.15) is 5.92 Å². The SMILES string of the molecule is CN(Cc1ccc(Cl)s1)C(=O)NC1COCC1C(=O)O. The van der Waals surface area contributed by atoms with Crippen LogP contribution in [0.5, 0.6) is 0 Å². The van der Waals surface area contributed by atoms with Gasteiger partial charge in [-0.1, -0.05) is 11.6 Å². The number of carboxylic acid groups (broad SMARTS) is 1. The normalized spacial score (nSPS) is 21.7. The smallest absolute Gasteiger partial charge is 0.317 e. The van der Waals surface area contributed by atoms with Crippen molar-refractivity contribution in [3.8, 4) is 0 Å². The summed E-state index contributed by atoms with van der Waals surface area (Å²) < 4.78 is 5.77. The molecular weight excluding hydrogens is 304 g/mol. The molecule has 1 saturated heterocycles. The number of amides is 2. The third-order valence-electron chi connectivity index (χ3n) is 3.08. The van der Waals surface area contributed by atoms with Gasteiger partial charge in [-0.2, -0.15) is 0 Å². The van der Waals surface area contributed by atoms with Crippen LogP contribution >= 0.6 is 22.9 Å². The molecule has 1 aliphatic heterocycles. The monoisotopic (exact) mass is 318 g/mol. The molecule has 0 aliphatic carbocycles. The highest BCUT2D eigenvalue weighted by atomic mass is 35.5. The van der Waals surface area contributed by atoms with Crippen molar-refractivity contribution in [3.05, 3.63) is 21.3 Å². The first-order valence-corrected chi connectivity index (χ1v) is 7.23. The fraction of sp³-hybridized carbons (Fsp3) is 0.500. The van der Waals surface area contributed by atoms with Gasteiger partial charge in [0.2, 0.25) is 0 Å². The van der Waals surface area contributed by atoms with Gasteiger partial charge in [0, 0.05) is 11.9 Å². The first kappa shape index (κ1) is 15.1. The van der Waals surface area contributed by atoms with Crippen LogP contribution in [-0.4, -0.2) is 48.3 Å². The zero-order valence-corrected chi connectivity index (χ0v) is 12.4. The summed E-state index contributed by atoms with van der Waals surface area (Å²) >= 11 is 7.24. The molecule has 2 rings (SSSR count). The van der Waals surface area contributed by atoms with Gasteiger partial charge in [-0.25, -0.2) is 4.79 Å². The number of carbonyl (C=O) groups is 2. The lowest BCUT2D eigenvalue weighted by Gasteiger charge is -2.21. The Bertz CT molecular complexity index is 507. The third-order valence-corrected chi connectivity index (χ3v) is 4.29. The molecule has 2 atom stereocenters. The quantitative estimate of drug-likeness (QED) is 0.884. The molecule has 0 radical (unpaired) electrons. The van der Waals surface area contributed by atoms with Crippen molar-refractivity contribution in [2.75, 3.05) is 20.3 Å². The first-order valence-electron chi connectivity index (χ1n) is 6.03. The molecule has 110 valence electrons. The van der Waals surface area contributed by atoms with Gasteiger partial charge in [0.25, 0.3) is 0 Å². The van der Waals surface area contributed by atoms with Crippen molar-refractivity contribution in [1.29, 1.82) is 0 Å². The number of carboxylic acids is 1. The van der Waals surface area contributed by atoms with Crippen LogP contribution in [0.15, 0.2) is 12.1 Å². The number of aliphatic carboxylic acids is 1. The predicted octanol–water partition coefficient (Wildman–Crippen LogP) is 1.64. The average Bonchev–Trinajstić information content (AvgIpc) is 2.98. The molecule has 0 spiro atoms. The minimum Gasteiger partial charge on any atom is -0.481 e. The summed E-state index contributed by atoms with van der Waals surface area (Å²) in [6.45, 7) is 0.778. The summed E-state index contributed by atoms with van der Waals surface area (Å²) in [6, 6.07) is 2.82. The maximum Gasteiger partial charge on any atom is 0.317 e. The molecule has 1 aromatic rings. The van der Waals surface area contributed by atoms with Gasteiger partial charge in [0.15, 0.2) is 0 Å². The van der Waals surface area contributed by atoms with Crippen LogP contribution in [0, 0.1) is 5.92 Å². The second-order valence-electron chi connectivity index (χ2n) is 4.60. The predicted molar refractivity (Wildman–Crippen MR) is 75.1 cm³/mol. The van der Waals surface area contributed by atoms with Crippen molar-refractivity contribution in [2.24, 2.45) is 5.92 Å². The van der Waals surface area contributed by atoms with E-state index in [0.29, 0.717) is 10.9 Å². The Balaban J connectivity index is 1.89. The molecule has 0 bridgehead atoms. The van der Waals surface area contributed by atoms with Crippen LogP contribution in [0.1, 0.15) is 4.88 Å². The van der Waals surface area contributed by atoms with E-state index in [2.05, 4.69) is 5.32 Å². The van der Waals surface area contributed by atoms with Crippen LogP contribution in [0.4, 0.5) is 4.79 Å². The lowest BCUT2D eigenvalue weighted by molar-refractivity contribution is -0.142. The van der Waals surface area contributed by atoms with Crippen LogP contribution < -0.4 is 5.32 Å². The van der Waals surface area contributed by atoms with Gasteiger partial charge in [0.05, 0.1) is 30.1 Å². The number of thiophene rings is 1. The lowest BCUT2D eigenvalue weighted by Crippen LogP contribution is -2.47. The fourth-order valence-corrected chi connectivity index (χ4v) is 3.09. The Kier molecular flexibility index (Phi) is 4.85. The largest absolute Gasteiger partial charge is 0.481 e. The Morgan fingerprint density at radius 3 is 2.90 bits per heavy atom. The molecule has 20 heavy (non-hydrogen) atoms. The van der Waals surface area contributed by atoms with Crippen molar-refractivity contribution < 1.29 is 19.4 Å². The van der Waals surface area contributed by atoms with Crippen molar-refractivity contribution >= 4 is 34.9 Å². The molecule has 0 saturated carbocycles. The number of nitrogens with one attached hydrogen (secondary N) is 1. The van der Waals surface area contributed by atoms with E-state index in [-0.39, 0.29) is 19.2 Å². The van der Waals surface area contributed by atoms with Crippen molar-refractivity contribution in [1.82, 2.24) is 10.2 Å². The molecule has 6 nitrogen and oxygen atoms in total. The highest BCUT2D eigenvalue weighted by Crippen LogP contribution is 2.22. The van der Waals surface area contributed by atoms with Gasteiger partial charge < -0.3 is 20.1 Å². The number of urea groups is 1. The lowest BCUT2D eigenvalue weighted by atomic mass is 10.0. The molecule has 1 aliphatic rings. The second-order valence-corrected chi connectivity index (χ2v) is 6.40. The summed E-state index contributed by atoms with van der Waals surface area (Å²) in [4.78, 5) is 25.5. The summed E-state index contributed by atoms with van der Waals surface area (Å²) in [5.74, 6) is -1.65. The maximum absolute atomic E-state index is 12.0. The summed E-state index contributed by atoms with van der Waals surface area (Å²) in [5, 5.41) is 11.7. The fourth-order valence-electron chi connectivity index (χ4n) is 1.95. The molecule has 1 aromatic heterocycles. The number of nitrogens with zero attached hydrogens (tertiary/aromatic N) is 1. The Labute approximate surface area is 125 Å². The molecule has 1 fully saturated rings. The van der Waals surface area contributed by atoms with Gasteiger partial charge in [-0.3, -0.25) is 4.79 Å². The molecule has 2 N–H and O–H groups in total. The number of halogens is 1. The molecule has 8 heteroatoms. The number of ether oxygens (including phenoxy) is 1. The summed E-state index contributed by atoms with van der Waals surface area (Å²) in [6.07, 6.45) is 0. The minimum absolute atomic E-state index is 0.129. The number of hydrogen-bond acceptors (Lipinski definition) is 4. The molecule has 2 heterocycles. The van der Waals surface area contributed by atoms with E-state index in [4.69, 9.17) is 21.4 Å². The zero-order valence-electron chi connectivity index (χ0n) is 10.8. The van der Waals surface area contributed by atoms with E-state index in [1.54, 1.807) is 13.1 Å². The van der Waals surface area contributed by atoms with E-state index in [1.807, 2.05) is 6.07 Å². The Morgan fingerprint density at radius 1 is 1.55 bits per heavy atom. The molecule has 2 amide bonds. The standard InChI is InChI=1S/C12H15ClN2O4S/c1-15(4-7-2-3-10(13)20-7)12(18)14-9-6-19-5-8(9)11(16)17/h2-3,8-9H,4-6H2,1H3,(H,14,18)(H,16,17).